The van der Waals surface area contributed by atoms with Gasteiger partial charge in [0.15, 0.2) is 0 Å². The molecule has 0 aliphatic carbocycles. The highest BCUT2D eigenvalue weighted by Gasteiger charge is 2.26. The highest BCUT2D eigenvalue weighted by Crippen LogP contribution is 2.15. The second-order valence-corrected chi connectivity index (χ2v) is 4.33. The molecule has 1 fully saturated rings. The van der Waals surface area contributed by atoms with E-state index < -0.39 is 0 Å². The van der Waals surface area contributed by atoms with Crippen LogP contribution in [-0.4, -0.2) is 38.3 Å². The molecule has 4 heteroatoms. The molecule has 1 aliphatic rings. The normalized spacial score (nSPS) is 25.4. The molecule has 0 bridgehead atoms. The van der Waals surface area contributed by atoms with Crippen LogP contribution in [0.2, 0.25) is 0 Å². The van der Waals surface area contributed by atoms with Gasteiger partial charge in [-0.1, -0.05) is 0 Å². The molecule has 4 nitrogen and oxygen atoms in total. The van der Waals surface area contributed by atoms with Crippen LogP contribution in [0.25, 0.3) is 0 Å². The summed E-state index contributed by atoms with van der Waals surface area (Å²) in [6.45, 7) is 7.31. The number of nitrogens with one attached hydrogen (secondary N) is 2. The van der Waals surface area contributed by atoms with Crippen LogP contribution in [-0.2, 0) is 9.53 Å². The lowest BCUT2D eigenvalue weighted by atomic mass is 9.91. The zero-order valence-corrected chi connectivity index (χ0v) is 10.4. The summed E-state index contributed by atoms with van der Waals surface area (Å²) in [7, 11) is 0. The van der Waals surface area contributed by atoms with Gasteiger partial charge in [-0.3, -0.25) is 4.79 Å². The van der Waals surface area contributed by atoms with Crippen LogP contribution in [0.4, 0.5) is 0 Å². The number of carbonyl (C=O) groups is 1. The lowest BCUT2D eigenvalue weighted by Crippen LogP contribution is -2.46. The largest absolute Gasteiger partial charge is 0.382 e. The number of hydrogen-bond acceptors (Lipinski definition) is 3. The van der Waals surface area contributed by atoms with Crippen LogP contribution in [0.3, 0.4) is 0 Å². The molecule has 1 saturated heterocycles. The lowest BCUT2D eigenvalue weighted by molar-refractivity contribution is -0.126. The van der Waals surface area contributed by atoms with Crippen LogP contribution in [0.1, 0.15) is 33.1 Å². The second kappa shape index (κ2) is 7.63. The van der Waals surface area contributed by atoms with Gasteiger partial charge in [-0.2, -0.15) is 0 Å². The van der Waals surface area contributed by atoms with Crippen molar-refractivity contribution in [3.63, 3.8) is 0 Å². The van der Waals surface area contributed by atoms with Gasteiger partial charge in [-0.15, -0.1) is 0 Å². The van der Waals surface area contributed by atoms with Crippen molar-refractivity contribution in [3.8, 4) is 0 Å². The molecular weight excluding hydrogens is 204 g/mol. The van der Waals surface area contributed by atoms with E-state index >= 15 is 0 Å². The van der Waals surface area contributed by atoms with Crippen molar-refractivity contribution in [2.75, 3.05) is 26.3 Å². The molecule has 0 aromatic heterocycles. The molecule has 1 heterocycles. The maximum Gasteiger partial charge on any atom is 0.224 e. The summed E-state index contributed by atoms with van der Waals surface area (Å²) < 4.78 is 5.22. The van der Waals surface area contributed by atoms with Gasteiger partial charge in [0.1, 0.15) is 0 Å². The SMILES string of the molecule is CCOCCCNC(=O)C1CCCNC1C. The Bertz CT molecular complexity index is 209. The number of ether oxygens (including phenoxy) is 1. The van der Waals surface area contributed by atoms with Crippen molar-refractivity contribution in [3.05, 3.63) is 0 Å². The van der Waals surface area contributed by atoms with E-state index in [0.29, 0.717) is 6.04 Å². The highest BCUT2D eigenvalue weighted by atomic mass is 16.5. The molecule has 94 valence electrons. The summed E-state index contributed by atoms with van der Waals surface area (Å²) >= 11 is 0. The number of rotatable bonds is 6. The standard InChI is InChI=1S/C12H24N2O2/c1-3-16-9-5-8-14-12(15)11-6-4-7-13-10(11)2/h10-11,13H,3-9H2,1-2H3,(H,14,15). The van der Waals surface area contributed by atoms with Crippen LogP contribution in [0.5, 0.6) is 0 Å². The van der Waals surface area contributed by atoms with Gasteiger partial charge in [-0.25, -0.2) is 0 Å². The van der Waals surface area contributed by atoms with E-state index in [0.717, 1.165) is 45.6 Å². The number of amides is 1. The van der Waals surface area contributed by atoms with Gasteiger partial charge in [0.05, 0.1) is 5.92 Å². The molecule has 1 amide bonds. The van der Waals surface area contributed by atoms with E-state index in [9.17, 15) is 4.79 Å². The topological polar surface area (TPSA) is 50.4 Å². The first kappa shape index (κ1) is 13.5. The summed E-state index contributed by atoms with van der Waals surface area (Å²) in [5.41, 5.74) is 0. The fourth-order valence-electron chi connectivity index (χ4n) is 2.06. The third-order valence-electron chi connectivity index (χ3n) is 3.07. The van der Waals surface area contributed by atoms with Crippen molar-refractivity contribution in [2.45, 2.75) is 39.2 Å². The molecule has 2 N–H and O–H groups in total. The van der Waals surface area contributed by atoms with E-state index in [1.54, 1.807) is 0 Å². The van der Waals surface area contributed by atoms with E-state index in [4.69, 9.17) is 4.74 Å². The van der Waals surface area contributed by atoms with Gasteiger partial charge in [0.25, 0.3) is 0 Å². The molecule has 1 aliphatic heterocycles. The summed E-state index contributed by atoms with van der Waals surface area (Å²) in [5, 5.41) is 6.32. The quantitative estimate of drug-likeness (QED) is 0.665. The Morgan fingerprint density at radius 2 is 2.38 bits per heavy atom. The molecule has 0 saturated carbocycles. The molecule has 1 rings (SSSR count). The van der Waals surface area contributed by atoms with Crippen molar-refractivity contribution >= 4 is 5.91 Å². The van der Waals surface area contributed by atoms with E-state index in [-0.39, 0.29) is 11.8 Å². The fourth-order valence-corrected chi connectivity index (χ4v) is 2.06. The smallest absolute Gasteiger partial charge is 0.224 e. The number of hydrogen-bond donors (Lipinski definition) is 2. The van der Waals surface area contributed by atoms with Crippen molar-refractivity contribution in [1.82, 2.24) is 10.6 Å². The molecule has 0 aromatic carbocycles. The van der Waals surface area contributed by atoms with E-state index in [2.05, 4.69) is 17.6 Å². The average molecular weight is 228 g/mol. The van der Waals surface area contributed by atoms with E-state index in [1.807, 2.05) is 6.92 Å². The predicted octanol–water partition coefficient (Wildman–Crippen LogP) is 0.917. The van der Waals surface area contributed by atoms with Gasteiger partial charge < -0.3 is 15.4 Å². The minimum absolute atomic E-state index is 0.140. The molecule has 0 spiro atoms. The Morgan fingerprint density at radius 1 is 1.56 bits per heavy atom. The Balaban J connectivity index is 2.13. The minimum atomic E-state index is 0.140. The van der Waals surface area contributed by atoms with Crippen LogP contribution < -0.4 is 10.6 Å². The zero-order chi connectivity index (χ0) is 11.8. The Labute approximate surface area is 98.1 Å². The number of piperidine rings is 1. The first-order valence-electron chi connectivity index (χ1n) is 6.34. The fraction of sp³-hybridized carbons (Fsp3) is 0.917. The first-order chi connectivity index (χ1) is 7.75. The minimum Gasteiger partial charge on any atom is -0.382 e. The first-order valence-corrected chi connectivity index (χ1v) is 6.34. The van der Waals surface area contributed by atoms with E-state index in [1.165, 1.54) is 0 Å². The second-order valence-electron chi connectivity index (χ2n) is 4.33. The third kappa shape index (κ3) is 4.49. The van der Waals surface area contributed by atoms with Crippen LogP contribution >= 0.6 is 0 Å². The average Bonchev–Trinajstić information content (AvgIpc) is 2.29. The van der Waals surface area contributed by atoms with Crippen molar-refractivity contribution < 1.29 is 9.53 Å². The van der Waals surface area contributed by atoms with Gasteiger partial charge in [0.2, 0.25) is 5.91 Å². The maximum atomic E-state index is 11.8. The van der Waals surface area contributed by atoms with Gasteiger partial charge in [-0.05, 0) is 39.7 Å². The Morgan fingerprint density at radius 3 is 3.06 bits per heavy atom. The third-order valence-corrected chi connectivity index (χ3v) is 3.07. The summed E-state index contributed by atoms with van der Waals surface area (Å²) in [6, 6.07) is 0.306. The molecule has 0 radical (unpaired) electrons. The zero-order valence-electron chi connectivity index (χ0n) is 10.4. The van der Waals surface area contributed by atoms with Crippen LogP contribution in [0.15, 0.2) is 0 Å². The predicted molar refractivity (Wildman–Crippen MR) is 64.3 cm³/mol. The molecule has 2 atom stereocenters. The lowest BCUT2D eigenvalue weighted by Gasteiger charge is -2.28. The van der Waals surface area contributed by atoms with Gasteiger partial charge >= 0.3 is 0 Å². The highest BCUT2D eigenvalue weighted by molar-refractivity contribution is 5.79. The van der Waals surface area contributed by atoms with Crippen molar-refractivity contribution in [1.29, 1.82) is 0 Å². The number of carbonyl (C=O) groups excluding carboxylic acids is 1. The molecule has 0 aromatic rings. The summed E-state index contributed by atoms with van der Waals surface area (Å²) in [6.07, 6.45) is 3.00. The van der Waals surface area contributed by atoms with Gasteiger partial charge in [0, 0.05) is 25.8 Å². The molecule has 2 unspecified atom stereocenters. The summed E-state index contributed by atoms with van der Waals surface area (Å²) in [4.78, 5) is 11.8. The monoisotopic (exact) mass is 228 g/mol. The van der Waals surface area contributed by atoms with Crippen molar-refractivity contribution in [2.24, 2.45) is 5.92 Å². The molecule has 16 heavy (non-hydrogen) atoms. The Kier molecular flexibility index (Phi) is 6.42. The maximum absolute atomic E-state index is 11.8. The molecular formula is C12H24N2O2. The van der Waals surface area contributed by atoms with Crippen LogP contribution in [0, 0.1) is 5.92 Å². The summed E-state index contributed by atoms with van der Waals surface area (Å²) in [5.74, 6) is 0.331. The Hall–Kier alpha value is -0.610.